The first-order chi connectivity index (χ1) is 18.3. The zero-order chi connectivity index (χ0) is 26.6. The Hall–Kier alpha value is -3.66. The molecular formula is C25H25BF3N9. The first-order valence-corrected chi connectivity index (χ1v) is 12.6. The Morgan fingerprint density at radius 1 is 1.29 bits per heavy atom. The van der Waals surface area contributed by atoms with Gasteiger partial charge in [-0.2, -0.15) is 10.2 Å². The van der Waals surface area contributed by atoms with Crippen LogP contribution in [0, 0.1) is 11.3 Å². The Balaban J connectivity index is 1.31. The molecule has 6 rings (SSSR count). The van der Waals surface area contributed by atoms with Crippen LogP contribution in [-0.4, -0.2) is 79.6 Å². The largest absolute Gasteiger partial charge is 0.347 e. The van der Waals surface area contributed by atoms with Crippen molar-refractivity contribution < 1.29 is 13.2 Å². The van der Waals surface area contributed by atoms with Gasteiger partial charge in [-0.05, 0) is 62.0 Å². The van der Waals surface area contributed by atoms with E-state index in [0.717, 1.165) is 24.1 Å². The zero-order valence-electron chi connectivity index (χ0n) is 20.8. The monoisotopic (exact) mass is 519 g/mol. The van der Waals surface area contributed by atoms with E-state index in [0.29, 0.717) is 40.6 Å². The lowest BCUT2D eigenvalue weighted by atomic mass is 9.76. The van der Waals surface area contributed by atoms with Gasteiger partial charge in [0.15, 0.2) is 5.69 Å². The van der Waals surface area contributed by atoms with Gasteiger partial charge in [-0.3, -0.25) is 4.90 Å². The van der Waals surface area contributed by atoms with Gasteiger partial charge in [-0.15, -0.1) is 10.2 Å². The van der Waals surface area contributed by atoms with Crippen LogP contribution in [0.4, 0.5) is 19.1 Å². The number of likely N-dealkylation sites (tertiary alicyclic amines) is 1. The summed E-state index contributed by atoms with van der Waals surface area (Å²) in [5, 5.41) is 25.2. The Bertz CT molecular complexity index is 1560. The van der Waals surface area contributed by atoms with E-state index in [1.54, 1.807) is 24.3 Å². The molecule has 1 N–H and O–H groups in total. The number of halogens is 3. The zero-order valence-corrected chi connectivity index (χ0v) is 20.8. The molecule has 4 heterocycles. The van der Waals surface area contributed by atoms with Gasteiger partial charge in [0, 0.05) is 24.2 Å². The molecule has 1 aliphatic carbocycles. The molecule has 3 aromatic heterocycles. The second-order valence-electron chi connectivity index (χ2n) is 10.4. The second kappa shape index (κ2) is 9.27. The van der Waals surface area contributed by atoms with Crippen LogP contribution in [0.2, 0.25) is 0 Å². The third-order valence-corrected chi connectivity index (χ3v) is 7.93. The van der Waals surface area contributed by atoms with Gasteiger partial charge < -0.3 is 5.32 Å². The summed E-state index contributed by atoms with van der Waals surface area (Å²) in [4.78, 5) is 6.62. The van der Waals surface area contributed by atoms with Crippen LogP contribution in [0.5, 0.6) is 0 Å². The molecule has 2 atom stereocenters. The topological polar surface area (TPSA) is 100.0 Å². The highest BCUT2D eigenvalue weighted by molar-refractivity contribution is 6.32. The van der Waals surface area contributed by atoms with Gasteiger partial charge in [0.2, 0.25) is 5.95 Å². The molecule has 1 saturated heterocycles. The van der Waals surface area contributed by atoms with Gasteiger partial charge in [-0.25, -0.2) is 22.4 Å². The minimum absolute atomic E-state index is 0.0586. The summed E-state index contributed by atoms with van der Waals surface area (Å²) < 4.78 is 43.7. The Morgan fingerprint density at radius 3 is 2.79 bits per heavy atom. The number of nitriles is 1. The highest BCUT2D eigenvalue weighted by Crippen LogP contribution is 2.39. The quantitative estimate of drug-likeness (QED) is 0.391. The van der Waals surface area contributed by atoms with Crippen LogP contribution < -0.4 is 10.9 Å². The molecular weight excluding hydrogens is 494 g/mol. The molecule has 13 heteroatoms. The highest BCUT2D eigenvalue weighted by atomic mass is 19.3. The van der Waals surface area contributed by atoms with E-state index in [4.69, 9.17) is 7.85 Å². The second-order valence-corrected chi connectivity index (χ2v) is 10.4. The van der Waals surface area contributed by atoms with Crippen LogP contribution in [0.1, 0.15) is 38.3 Å². The van der Waals surface area contributed by atoms with Crippen LogP contribution in [0.3, 0.4) is 0 Å². The first kappa shape index (κ1) is 24.7. The number of piperidine rings is 1. The third kappa shape index (κ3) is 4.17. The van der Waals surface area contributed by atoms with Crippen molar-refractivity contribution in [1.82, 2.24) is 34.5 Å². The van der Waals surface area contributed by atoms with Crippen LogP contribution >= 0.6 is 0 Å². The SMILES string of the molecule is [B]c1cc(-c2ccc3nnn(CC(F)F)c3c2)c2c(C#N)nc(NC3CCN(C4(C)CCC4)CC3F)nn12. The van der Waals surface area contributed by atoms with E-state index < -0.39 is 25.2 Å². The summed E-state index contributed by atoms with van der Waals surface area (Å²) in [6.45, 7) is 2.72. The normalized spacial score (nSPS) is 21.6. The minimum Gasteiger partial charge on any atom is -0.347 e. The van der Waals surface area contributed by atoms with E-state index >= 15 is 4.39 Å². The van der Waals surface area contributed by atoms with Gasteiger partial charge in [0.25, 0.3) is 6.43 Å². The summed E-state index contributed by atoms with van der Waals surface area (Å²) >= 11 is 0. The van der Waals surface area contributed by atoms with Crippen molar-refractivity contribution in [2.24, 2.45) is 0 Å². The van der Waals surface area contributed by atoms with Crippen LogP contribution in [0.25, 0.3) is 27.7 Å². The summed E-state index contributed by atoms with van der Waals surface area (Å²) in [5.41, 5.74) is 2.83. The van der Waals surface area contributed by atoms with Crippen molar-refractivity contribution in [3.05, 3.63) is 30.0 Å². The lowest BCUT2D eigenvalue weighted by Gasteiger charge is -2.51. The van der Waals surface area contributed by atoms with Crippen molar-refractivity contribution in [2.75, 3.05) is 18.4 Å². The van der Waals surface area contributed by atoms with E-state index in [1.807, 2.05) is 0 Å². The van der Waals surface area contributed by atoms with Gasteiger partial charge in [0.1, 0.15) is 37.7 Å². The van der Waals surface area contributed by atoms with E-state index in [1.165, 1.54) is 10.9 Å². The number of aromatic nitrogens is 6. The molecule has 2 unspecified atom stereocenters. The predicted octanol–water partition coefficient (Wildman–Crippen LogP) is 2.84. The van der Waals surface area contributed by atoms with Crippen LogP contribution in [-0.2, 0) is 6.54 Å². The third-order valence-electron chi connectivity index (χ3n) is 7.93. The maximum absolute atomic E-state index is 15.2. The fraction of sp³-hybridized carbons (Fsp3) is 0.480. The van der Waals surface area contributed by atoms with Crippen molar-refractivity contribution in [2.45, 2.75) is 63.3 Å². The standard InChI is InChI=1S/C25H25BF3N9/c1-25(6-2-7-25)36-8-5-17(16(27)12-36)31-24-32-19(11-30)23-15(10-21(26)38(23)34-24)14-3-4-18-20(9-14)37(35-33-18)13-22(28)29/h3-4,9-10,16-17,22H,2,5-8,12-13H2,1H3,(H,31,34). The van der Waals surface area contributed by atoms with E-state index in [9.17, 15) is 14.0 Å². The first-order valence-electron chi connectivity index (χ1n) is 12.6. The predicted molar refractivity (Wildman–Crippen MR) is 136 cm³/mol. The smallest absolute Gasteiger partial charge is 0.258 e. The molecule has 2 radical (unpaired) electrons. The van der Waals surface area contributed by atoms with Crippen LogP contribution in [0.15, 0.2) is 24.3 Å². The summed E-state index contributed by atoms with van der Waals surface area (Å²) in [7, 11) is 6.27. The van der Waals surface area contributed by atoms with Crippen molar-refractivity contribution in [1.29, 1.82) is 5.26 Å². The number of hydrogen-bond acceptors (Lipinski definition) is 7. The van der Waals surface area contributed by atoms with Gasteiger partial charge in [-0.1, -0.05) is 11.3 Å². The maximum atomic E-state index is 15.2. The summed E-state index contributed by atoms with van der Waals surface area (Å²) in [6, 6.07) is 8.34. The number of anilines is 1. The summed E-state index contributed by atoms with van der Waals surface area (Å²) in [5.74, 6) is 0.119. The van der Waals surface area contributed by atoms with E-state index in [-0.39, 0.29) is 22.8 Å². The molecule has 1 aromatic carbocycles. The van der Waals surface area contributed by atoms with Crippen molar-refractivity contribution in [3.8, 4) is 17.2 Å². The fourth-order valence-corrected chi connectivity index (χ4v) is 5.62. The highest BCUT2D eigenvalue weighted by Gasteiger charge is 2.42. The molecule has 194 valence electrons. The maximum Gasteiger partial charge on any atom is 0.258 e. The number of nitrogens with one attached hydrogen (secondary N) is 1. The van der Waals surface area contributed by atoms with E-state index in [2.05, 4.69) is 43.6 Å². The lowest BCUT2D eigenvalue weighted by molar-refractivity contribution is -0.0115. The van der Waals surface area contributed by atoms with Gasteiger partial charge in [0.05, 0.1) is 11.6 Å². The Labute approximate surface area is 218 Å². The van der Waals surface area contributed by atoms with Gasteiger partial charge >= 0.3 is 0 Å². The molecule has 0 amide bonds. The number of nitrogens with zero attached hydrogens (tertiary/aromatic N) is 8. The molecule has 1 saturated carbocycles. The van der Waals surface area contributed by atoms with Crippen molar-refractivity contribution >= 4 is 35.9 Å². The molecule has 0 spiro atoms. The summed E-state index contributed by atoms with van der Waals surface area (Å²) in [6.07, 6.45) is 0.263. The molecule has 1 aliphatic heterocycles. The Kier molecular flexibility index (Phi) is 6.02. The number of alkyl halides is 3. The number of hydrogen-bond donors (Lipinski definition) is 1. The molecule has 38 heavy (non-hydrogen) atoms. The fourth-order valence-electron chi connectivity index (χ4n) is 5.62. The molecule has 0 bridgehead atoms. The molecule has 2 fully saturated rings. The van der Waals surface area contributed by atoms with Crippen molar-refractivity contribution in [3.63, 3.8) is 0 Å². The number of fused-ring (bicyclic) bond motifs is 2. The molecule has 4 aromatic rings. The number of benzene rings is 1. The minimum atomic E-state index is -2.59. The average molecular weight is 519 g/mol. The molecule has 9 nitrogen and oxygen atoms in total. The number of rotatable bonds is 6. The Morgan fingerprint density at radius 2 is 2.11 bits per heavy atom. The average Bonchev–Trinajstić information content (AvgIpc) is 3.43. The lowest BCUT2D eigenvalue weighted by Crippen LogP contribution is -2.59. The molecule has 2 aliphatic rings.